The number of methoxy groups -OCH3 is 1. The van der Waals surface area contributed by atoms with Gasteiger partial charge < -0.3 is 19.4 Å². The molecule has 0 unspecified atom stereocenters. The summed E-state index contributed by atoms with van der Waals surface area (Å²) < 4.78 is 47.3. The lowest BCUT2D eigenvalue weighted by Gasteiger charge is -2.12. The van der Waals surface area contributed by atoms with Gasteiger partial charge in [-0.05, 0) is 59.5 Å². The van der Waals surface area contributed by atoms with E-state index in [0.717, 1.165) is 4.47 Å². The molecule has 0 aliphatic rings. The fraction of sp³-hybridized carbons (Fsp3) is 0.125. The third-order valence-corrected chi connectivity index (χ3v) is 7.22. The van der Waals surface area contributed by atoms with Crippen LogP contribution in [0.1, 0.15) is 15.9 Å². The Labute approximate surface area is 214 Å². The van der Waals surface area contributed by atoms with Gasteiger partial charge in [0.05, 0.1) is 17.2 Å². The van der Waals surface area contributed by atoms with Crippen molar-refractivity contribution in [2.75, 3.05) is 20.3 Å². The first-order valence-electron chi connectivity index (χ1n) is 10.4. The molecule has 36 heavy (non-hydrogen) atoms. The minimum Gasteiger partial charge on any atom is -0.493 e. The van der Waals surface area contributed by atoms with Gasteiger partial charge in [0.15, 0.2) is 17.3 Å². The Kier molecular flexibility index (Phi) is 7.55. The van der Waals surface area contributed by atoms with Crippen molar-refractivity contribution in [2.45, 2.75) is 9.92 Å². The summed E-state index contributed by atoms with van der Waals surface area (Å²) in [6, 6.07) is 19.1. The van der Waals surface area contributed by atoms with E-state index in [1.807, 2.05) is 0 Å². The van der Waals surface area contributed by atoms with Crippen LogP contribution in [0.25, 0.3) is 0 Å². The maximum absolute atomic E-state index is 12.8. The van der Waals surface area contributed by atoms with E-state index in [4.69, 9.17) is 14.2 Å². The highest BCUT2D eigenvalue weighted by molar-refractivity contribution is 9.10. The molecule has 0 radical (unpaired) electrons. The lowest BCUT2D eigenvalue weighted by atomic mass is 10.0. The Morgan fingerprint density at radius 3 is 2.33 bits per heavy atom. The summed E-state index contributed by atoms with van der Waals surface area (Å²) in [6.07, 6.45) is 0. The maximum atomic E-state index is 12.8. The molecule has 0 saturated carbocycles. The topological polar surface area (TPSA) is 132 Å². The van der Waals surface area contributed by atoms with Gasteiger partial charge >= 0.3 is 10.9 Å². The molecule has 186 valence electrons. The number of hydrogen-bond acceptors (Lipinski definition) is 9. The van der Waals surface area contributed by atoms with Crippen LogP contribution in [0.4, 0.5) is 0 Å². The van der Waals surface area contributed by atoms with Crippen molar-refractivity contribution in [1.82, 2.24) is 5.16 Å². The molecule has 0 spiro atoms. The molecule has 0 aliphatic heterocycles. The summed E-state index contributed by atoms with van der Waals surface area (Å²) in [6.45, 7) is -0.263. The minimum atomic E-state index is -4.23. The van der Waals surface area contributed by atoms with Crippen LogP contribution < -0.4 is 19.1 Å². The molecular weight excluding hydrogens is 556 g/mol. The molecule has 0 N–H and O–H groups in total. The first kappa shape index (κ1) is 25.2. The molecule has 0 bridgehead atoms. The molecular formula is C24H19BrN2O8S. The standard InChI is InChI=1S/C24H19BrN2O8S/c1-32-20-12-9-17(22(28)16-7-10-18(25)11-8-16)15-21(20)33-13-14-34-23-24(27(29)35-26-23)36(30,31)19-5-3-2-4-6-19/h2-12,15H,13-14H2,1H3. The van der Waals surface area contributed by atoms with Gasteiger partial charge in [-0.3, -0.25) is 9.42 Å². The summed E-state index contributed by atoms with van der Waals surface area (Å²) in [4.78, 5) is 12.5. The van der Waals surface area contributed by atoms with Gasteiger partial charge in [-0.1, -0.05) is 34.1 Å². The summed E-state index contributed by atoms with van der Waals surface area (Å²) in [5, 5.41) is 14.6. The van der Waals surface area contributed by atoms with Crippen LogP contribution in [0.3, 0.4) is 0 Å². The summed E-state index contributed by atoms with van der Waals surface area (Å²) in [5.74, 6) is -0.0398. The molecule has 1 aromatic heterocycles. The van der Waals surface area contributed by atoms with Crippen molar-refractivity contribution in [3.05, 3.63) is 93.6 Å². The van der Waals surface area contributed by atoms with Gasteiger partial charge in [0.1, 0.15) is 13.2 Å². The van der Waals surface area contributed by atoms with Crippen molar-refractivity contribution < 1.29 is 37.0 Å². The zero-order valence-electron chi connectivity index (χ0n) is 18.8. The Hall–Kier alpha value is -3.90. The largest absolute Gasteiger partial charge is 0.493 e. The molecule has 4 aromatic rings. The van der Waals surface area contributed by atoms with Crippen LogP contribution >= 0.6 is 15.9 Å². The van der Waals surface area contributed by atoms with Crippen LogP contribution in [0.2, 0.25) is 0 Å². The van der Waals surface area contributed by atoms with E-state index >= 15 is 0 Å². The quantitative estimate of drug-likeness (QED) is 0.158. The van der Waals surface area contributed by atoms with Gasteiger partial charge in [-0.2, -0.15) is 0 Å². The zero-order valence-corrected chi connectivity index (χ0v) is 21.2. The Balaban J connectivity index is 1.46. The van der Waals surface area contributed by atoms with Crippen molar-refractivity contribution in [3.63, 3.8) is 0 Å². The molecule has 0 saturated heterocycles. The summed E-state index contributed by atoms with van der Waals surface area (Å²) in [5.41, 5.74) is 0.885. The molecule has 0 aliphatic carbocycles. The fourth-order valence-electron chi connectivity index (χ4n) is 3.23. The van der Waals surface area contributed by atoms with Crippen molar-refractivity contribution in [3.8, 4) is 17.4 Å². The van der Waals surface area contributed by atoms with Crippen LogP contribution in [0, 0.1) is 5.21 Å². The van der Waals surface area contributed by atoms with E-state index in [1.165, 1.54) is 37.4 Å². The number of sulfone groups is 1. The number of halogens is 1. The molecule has 3 aromatic carbocycles. The number of ketones is 1. The number of hydrogen-bond donors (Lipinski definition) is 0. The average Bonchev–Trinajstić information content (AvgIpc) is 3.28. The van der Waals surface area contributed by atoms with E-state index in [2.05, 4.69) is 25.7 Å². The van der Waals surface area contributed by atoms with Crippen LogP contribution in [-0.2, 0) is 9.84 Å². The average molecular weight is 575 g/mol. The first-order chi connectivity index (χ1) is 17.3. The summed E-state index contributed by atoms with van der Waals surface area (Å²) in [7, 11) is -2.78. The Morgan fingerprint density at radius 1 is 0.972 bits per heavy atom. The van der Waals surface area contributed by atoms with Gasteiger partial charge in [-0.25, -0.2) is 8.42 Å². The molecule has 0 amide bonds. The molecule has 0 atom stereocenters. The van der Waals surface area contributed by atoms with E-state index in [0.29, 0.717) is 16.9 Å². The van der Waals surface area contributed by atoms with Crippen molar-refractivity contribution in [1.29, 1.82) is 0 Å². The van der Waals surface area contributed by atoms with E-state index in [-0.39, 0.29) is 34.5 Å². The second kappa shape index (κ2) is 10.8. The summed E-state index contributed by atoms with van der Waals surface area (Å²) >= 11 is 3.34. The zero-order chi connectivity index (χ0) is 25.7. The predicted molar refractivity (Wildman–Crippen MR) is 129 cm³/mol. The molecule has 4 rings (SSSR count). The highest BCUT2D eigenvalue weighted by Crippen LogP contribution is 2.30. The second-order valence-corrected chi connectivity index (χ2v) is 10.0. The molecule has 12 heteroatoms. The van der Waals surface area contributed by atoms with E-state index in [1.54, 1.807) is 42.5 Å². The van der Waals surface area contributed by atoms with Crippen LogP contribution in [0.5, 0.6) is 17.4 Å². The predicted octanol–water partition coefficient (Wildman–Crippen LogP) is 3.60. The second-order valence-electron chi connectivity index (χ2n) is 7.26. The highest BCUT2D eigenvalue weighted by Gasteiger charge is 2.35. The lowest BCUT2D eigenvalue weighted by Crippen LogP contribution is -2.31. The minimum absolute atomic E-state index is 0.0805. The third-order valence-electron chi connectivity index (χ3n) is 4.97. The van der Waals surface area contributed by atoms with Gasteiger partial charge in [0.25, 0.3) is 9.84 Å². The normalized spacial score (nSPS) is 11.2. The Bertz CT molecular complexity index is 1470. The van der Waals surface area contributed by atoms with E-state index in [9.17, 15) is 18.4 Å². The van der Waals surface area contributed by atoms with Gasteiger partial charge in [0.2, 0.25) is 0 Å². The Morgan fingerprint density at radius 2 is 1.64 bits per heavy atom. The number of ether oxygens (including phenoxy) is 3. The number of rotatable bonds is 10. The third kappa shape index (κ3) is 5.34. The molecule has 0 fully saturated rings. The monoisotopic (exact) mass is 574 g/mol. The van der Waals surface area contributed by atoms with Crippen LogP contribution in [-0.4, -0.2) is 39.7 Å². The van der Waals surface area contributed by atoms with Crippen molar-refractivity contribution >= 4 is 31.6 Å². The number of benzene rings is 3. The number of aromatic nitrogens is 2. The number of carbonyl (C=O) groups is 1. The van der Waals surface area contributed by atoms with Gasteiger partial charge in [0, 0.05) is 15.6 Å². The first-order valence-corrected chi connectivity index (χ1v) is 12.7. The van der Waals surface area contributed by atoms with Gasteiger partial charge in [-0.15, -0.1) is 0 Å². The smallest absolute Gasteiger partial charge is 0.415 e. The maximum Gasteiger partial charge on any atom is 0.415 e. The fourth-order valence-corrected chi connectivity index (χ4v) is 4.79. The lowest BCUT2D eigenvalue weighted by molar-refractivity contribution is -0.832. The number of nitrogens with zero attached hydrogens (tertiary/aromatic N) is 2. The number of carbonyl (C=O) groups excluding carboxylic acids is 1. The van der Waals surface area contributed by atoms with Crippen molar-refractivity contribution in [2.24, 2.45) is 0 Å². The SMILES string of the molecule is COc1ccc(C(=O)c2ccc(Br)cc2)cc1OCCOc1no[n+]([O-])c1S(=O)(=O)c1ccccc1. The van der Waals surface area contributed by atoms with Crippen LogP contribution in [0.15, 0.2) is 91.8 Å². The molecule has 1 heterocycles. The highest BCUT2D eigenvalue weighted by atomic mass is 79.9. The van der Waals surface area contributed by atoms with E-state index < -0.39 is 20.7 Å². The molecule has 10 nitrogen and oxygen atoms in total.